The van der Waals surface area contributed by atoms with Crippen LogP contribution in [0.4, 0.5) is 13.2 Å². The maximum atomic E-state index is 12.6. The number of hydrogen-bond acceptors (Lipinski definition) is 6. The quantitative estimate of drug-likeness (QED) is 0.528. The molecule has 9 nitrogen and oxygen atoms in total. The molecule has 0 bridgehead atoms. The van der Waals surface area contributed by atoms with Crippen LogP contribution in [0.2, 0.25) is 5.02 Å². The highest BCUT2D eigenvalue weighted by Crippen LogP contribution is 2.39. The highest BCUT2D eigenvalue weighted by Gasteiger charge is 2.46. The maximum absolute atomic E-state index is 12.6. The third kappa shape index (κ3) is 4.25. The van der Waals surface area contributed by atoms with Crippen LogP contribution in [0.1, 0.15) is 0 Å². The first kappa shape index (κ1) is 23.8. The number of sulfone groups is 1. The van der Waals surface area contributed by atoms with Crippen molar-refractivity contribution < 1.29 is 26.3 Å². The van der Waals surface area contributed by atoms with Crippen molar-refractivity contribution in [3.63, 3.8) is 0 Å². The molecule has 3 rings (SSSR count). The Labute approximate surface area is 189 Å². The molecule has 0 radical (unpaired) electrons. The van der Waals surface area contributed by atoms with Gasteiger partial charge in [-0.05, 0) is 52.3 Å². The fourth-order valence-electron chi connectivity index (χ4n) is 2.49. The second kappa shape index (κ2) is 8.26. The van der Waals surface area contributed by atoms with Crippen LogP contribution in [0.25, 0.3) is 5.69 Å². The first-order valence-electron chi connectivity index (χ1n) is 8.25. The lowest BCUT2D eigenvalue weighted by molar-refractivity contribution is -0.0436. The molecule has 0 aliphatic rings. The van der Waals surface area contributed by atoms with E-state index in [1.807, 2.05) is 4.98 Å². The van der Waals surface area contributed by atoms with Gasteiger partial charge < -0.3 is 4.74 Å². The highest BCUT2D eigenvalue weighted by atomic mass is 79.9. The molecule has 1 aromatic heterocycles. The Morgan fingerprint density at radius 2 is 1.66 bits per heavy atom. The van der Waals surface area contributed by atoms with Gasteiger partial charge in [-0.15, -0.1) is 0 Å². The van der Waals surface area contributed by atoms with E-state index in [2.05, 4.69) is 15.9 Å². The van der Waals surface area contributed by atoms with Gasteiger partial charge in [0.05, 0.1) is 20.1 Å². The van der Waals surface area contributed by atoms with Gasteiger partial charge in [-0.2, -0.15) is 13.2 Å². The molecule has 0 fully saturated rings. The smallest absolute Gasteiger partial charge is 0.455 e. The number of benzene rings is 2. The van der Waals surface area contributed by atoms with Gasteiger partial charge in [0.2, 0.25) is 0 Å². The van der Waals surface area contributed by atoms with E-state index in [0.29, 0.717) is 9.13 Å². The van der Waals surface area contributed by atoms with Crippen LogP contribution in [-0.2, 0) is 16.9 Å². The van der Waals surface area contributed by atoms with Gasteiger partial charge in [0.15, 0.2) is 5.75 Å². The van der Waals surface area contributed by atoms with E-state index in [0.717, 1.165) is 31.3 Å². The lowest BCUT2D eigenvalue weighted by atomic mass is 10.3. The van der Waals surface area contributed by atoms with E-state index in [4.69, 9.17) is 16.3 Å². The Balaban J connectivity index is 1.99. The second-order valence-corrected chi connectivity index (χ2v) is 9.38. The summed E-state index contributed by atoms with van der Waals surface area (Å²) in [7, 11) is -4.35. The van der Waals surface area contributed by atoms with Crippen molar-refractivity contribution in [3.05, 3.63) is 77.3 Å². The van der Waals surface area contributed by atoms with Gasteiger partial charge in [-0.1, -0.05) is 11.6 Å². The summed E-state index contributed by atoms with van der Waals surface area (Å²) in [6.45, 7) is 0. The van der Waals surface area contributed by atoms with Crippen LogP contribution in [0, 0.1) is 0 Å². The predicted molar refractivity (Wildman–Crippen MR) is 110 cm³/mol. The molecular weight excluding hydrogens is 547 g/mol. The summed E-state index contributed by atoms with van der Waals surface area (Å²) in [5.41, 5.74) is -8.30. The normalized spacial score (nSPS) is 12.1. The lowest BCUT2D eigenvalue weighted by Gasteiger charge is -2.13. The van der Waals surface area contributed by atoms with E-state index < -0.39 is 37.3 Å². The molecule has 0 saturated carbocycles. The van der Waals surface area contributed by atoms with E-state index >= 15 is 0 Å². The monoisotopic (exact) mass is 555 g/mol. The molecule has 1 N–H and O–H groups in total. The predicted octanol–water partition coefficient (Wildman–Crippen LogP) is 2.73. The van der Waals surface area contributed by atoms with Crippen molar-refractivity contribution in [3.8, 4) is 17.2 Å². The standard InChI is InChI=1S/C17H10BrClF3N3O6S/c1-24-14(26)23-15(27)25(16(24)28)8-6-11(18)13(12(19)7-8)31-9-2-4-10(5-3-9)32(29,30)17(20,21)22/h2-7H,1H3,(H,23,26,27). The Morgan fingerprint density at radius 1 is 1.06 bits per heavy atom. The van der Waals surface area contributed by atoms with Crippen molar-refractivity contribution in [2.75, 3.05) is 0 Å². The van der Waals surface area contributed by atoms with Crippen LogP contribution < -0.4 is 21.8 Å². The van der Waals surface area contributed by atoms with E-state index in [-0.39, 0.29) is 26.7 Å². The van der Waals surface area contributed by atoms with Crippen LogP contribution in [-0.4, -0.2) is 28.0 Å². The van der Waals surface area contributed by atoms with Gasteiger partial charge in [-0.3, -0.25) is 4.98 Å². The number of alkyl halides is 3. The first-order chi connectivity index (χ1) is 14.7. The number of halogens is 5. The zero-order chi connectivity index (χ0) is 24.0. The molecular formula is C17H10BrClF3N3O6S. The number of rotatable bonds is 4. The average Bonchev–Trinajstić information content (AvgIpc) is 2.68. The van der Waals surface area contributed by atoms with Crippen molar-refractivity contribution >= 4 is 37.4 Å². The SMILES string of the molecule is Cn1c(=O)[nH]c(=O)n(-c2cc(Cl)c(Oc3ccc(S(=O)(=O)C(F)(F)F)cc3)c(Br)c2)c1=O. The van der Waals surface area contributed by atoms with Gasteiger partial charge in [0, 0.05) is 7.05 Å². The minimum atomic E-state index is -5.51. The number of hydrogen-bond donors (Lipinski definition) is 1. The number of aromatic amines is 1. The number of nitrogens with one attached hydrogen (secondary N) is 1. The second-order valence-electron chi connectivity index (χ2n) is 6.17. The summed E-state index contributed by atoms with van der Waals surface area (Å²) in [5.74, 6) is -0.0743. The van der Waals surface area contributed by atoms with Crippen molar-refractivity contribution in [1.82, 2.24) is 14.1 Å². The third-order valence-electron chi connectivity index (χ3n) is 4.10. The molecule has 0 unspecified atom stereocenters. The molecule has 0 saturated heterocycles. The fraction of sp³-hybridized carbons (Fsp3) is 0.118. The zero-order valence-electron chi connectivity index (χ0n) is 15.6. The van der Waals surface area contributed by atoms with E-state index in [9.17, 15) is 36.0 Å². The summed E-state index contributed by atoms with van der Waals surface area (Å²) in [6, 6.07) is 5.90. The Morgan fingerprint density at radius 3 is 2.19 bits per heavy atom. The van der Waals surface area contributed by atoms with Gasteiger partial charge in [0.1, 0.15) is 5.75 Å². The number of nitrogens with zero attached hydrogens (tertiary/aromatic N) is 2. The fourth-order valence-corrected chi connectivity index (χ4v) is 4.15. The highest BCUT2D eigenvalue weighted by molar-refractivity contribution is 9.10. The molecule has 0 aliphatic heterocycles. The van der Waals surface area contributed by atoms with Crippen LogP contribution >= 0.6 is 27.5 Å². The molecule has 32 heavy (non-hydrogen) atoms. The van der Waals surface area contributed by atoms with Gasteiger partial charge in [-0.25, -0.2) is 31.9 Å². The Bertz CT molecular complexity index is 1470. The zero-order valence-corrected chi connectivity index (χ0v) is 18.8. The van der Waals surface area contributed by atoms with Gasteiger partial charge >= 0.3 is 22.6 Å². The minimum absolute atomic E-state index is 0.0114. The molecule has 0 atom stereocenters. The van der Waals surface area contributed by atoms with E-state index in [1.54, 1.807) is 0 Å². The van der Waals surface area contributed by atoms with Crippen molar-refractivity contribution in [2.45, 2.75) is 10.4 Å². The van der Waals surface area contributed by atoms with E-state index in [1.165, 1.54) is 12.1 Å². The Hall–Kier alpha value is -2.84. The lowest BCUT2D eigenvalue weighted by Crippen LogP contribution is -2.47. The number of H-pyrrole nitrogens is 1. The molecule has 0 amide bonds. The molecule has 0 aliphatic carbocycles. The largest absolute Gasteiger partial charge is 0.501 e. The van der Waals surface area contributed by atoms with Crippen LogP contribution in [0.5, 0.6) is 11.5 Å². The number of aromatic nitrogens is 3. The molecule has 170 valence electrons. The average molecular weight is 557 g/mol. The first-order valence-corrected chi connectivity index (χ1v) is 10.9. The summed E-state index contributed by atoms with van der Waals surface area (Å²) in [6.07, 6.45) is 0. The minimum Gasteiger partial charge on any atom is -0.455 e. The molecule has 0 spiro atoms. The van der Waals surface area contributed by atoms with Crippen molar-refractivity contribution in [2.24, 2.45) is 7.05 Å². The molecule has 2 aromatic carbocycles. The summed E-state index contributed by atoms with van der Waals surface area (Å²) < 4.78 is 67.8. The third-order valence-corrected chi connectivity index (χ3v) is 6.47. The molecule has 1 heterocycles. The van der Waals surface area contributed by atoms with Crippen molar-refractivity contribution in [1.29, 1.82) is 0 Å². The molecule has 15 heteroatoms. The summed E-state index contributed by atoms with van der Waals surface area (Å²) in [4.78, 5) is 36.9. The van der Waals surface area contributed by atoms with Crippen LogP contribution in [0.3, 0.4) is 0 Å². The maximum Gasteiger partial charge on any atom is 0.501 e. The number of ether oxygens (including phenoxy) is 1. The topological polar surface area (TPSA) is 120 Å². The Kier molecular flexibility index (Phi) is 6.14. The van der Waals surface area contributed by atoms with Gasteiger partial charge in [0.25, 0.3) is 9.84 Å². The summed E-state index contributed by atoms with van der Waals surface area (Å²) in [5, 5.41) is -0.110. The summed E-state index contributed by atoms with van der Waals surface area (Å²) >= 11 is 9.34. The molecule has 3 aromatic rings. The van der Waals surface area contributed by atoms with Crippen LogP contribution in [0.15, 0.2) is 60.2 Å².